The van der Waals surface area contributed by atoms with E-state index in [1.807, 2.05) is 42.6 Å². The van der Waals surface area contributed by atoms with Crippen LogP contribution in [0.1, 0.15) is 5.56 Å². The second kappa shape index (κ2) is 7.27. The van der Waals surface area contributed by atoms with Gasteiger partial charge in [-0.1, -0.05) is 6.07 Å². The average Bonchev–Trinajstić information content (AvgIpc) is 3.37. The van der Waals surface area contributed by atoms with Crippen LogP contribution in [0.3, 0.4) is 0 Å². The summed E-state index contributed by atoms with van der Waals surface area (Å²) in [6, 6.07) is 16.0. The lowest BCUT2D eigenvalue weighted by Crippen LogP contribution is -2.04. The highest BCUT2D eigenvalue weighted by molar-refractivity contribution is 5.94. The van der Waals surface area contributed by atoms with Crippen molar-refractivity contribution in [1.82, 2.24) is 25.1 Å². The number of anilines is 1. The largest absolute Gasteiger partial charge is 0.497 e. The van der Waals surface area contributed by atoms with Gasteiger partial charge in [-0.3, -0.25) is 10.1 Å². The fourth-order valence-corrected chi connectivity index (χ4v) is 3.43. The number of rotatable bonds is 6. The Morgan fingerprint density at radius 3 is 2.90 bits per heavy atom. The maximum absolute atomic E-state index is 5.34. The molecule has 7 nitrogen and oxygen atoms in total. The maximum atomic E-state index is 5.34. The Balaban J connectivity index is 1.39. The van der Waals surface area contributed by atoms with Crippen LogP contribution >= 0.6 is 0 Å². The number of nitrogens with one attached hydrogen (secondary N) is 3. The number of imidazole rings is 1. The number of nitrogens with zero attached hydrogens (tertiary/aromatic N) is 3. The lowest BCUT2D eigenvalue weighted by Gasteiger charge is -2.06. The van der Waals surface area contributed by atoms with Crippen molar-refractivity contribution in [2.45, 2.75) is 6.42 Å². The minimum Gasteiger partial charge on any atom is -0.497 e. The average molecular weight is 384 g/mol. The first-order valence-electron chi connectivity index (χ1n) is 9.45. The van der Waals surface area contributed by atoms with Gasteiger partial charge in [-0.05, 0) is 54.4 Å². The van der Waals surface area contributed by atoms with Gasteiger partial charge in [0.1, 0.15) is 11.4 Å². The van der Waals surface area contributed by atoms with Crippen LogP contribution < -0.4 is 10.1 Å². The van der Waals surface area contributed by atoms with Crippen molar-refractivity contribution in [3.05, 3.63) is 66.5 Å². The van der Waals surface area contributed by atoms with E-state index >= 15 is 0 Å². The monoisotopic (exact) mass is 384 g/mol. The highest BCUT2D eigenvalue weighted by Crippen LogP contribution is 2.29. The van der Waals surface area contributed by atoms with Crippen molar-refractivity contribution in [3.8, 4) is 17.3 Å². The lowest BCUT2D eigenvalue weighted by atomic mass is 10.2. The number of aromatic amines is 2. The third-order valence-corrected chi connectivity index (χ3v) is 4.94. The fourth-order valence-electron chi connectivity index (χ4n) is 3.43. The number of aromatic nitrogens is 5. The Hall–Kier alpha value is -3.87. The number of benzene rings is 2. The van der Waals surface area contributed by atoms with E-state index in [4.69, 9.17) is 9.72 Å². The molecule has 3 heterocycles. The zero-order valence-electron chi connectivity index (χ0n) is 15.9. The summed E-state index contributed by atoms with van der Waals surface area (Å²) in [6.45, 7) is 0.835. The minimum atomic E-state index is 0.729. The molecule has 0 aliphatic rings. The van der Waals surface area contributed by atoms with Crippen LogP contribution in [-0.4, -0.2) is 38.8 Å². The third kappa shape index (κ3) is 3.38. The summed E-state index contributed by atoms with van der Waals surface area (Å²) in [5.41, 5.74) is 5.85. The Labute approximate surface area is 167 Å². The molecule has 3 aromatic heterocycles. The van der Waals surface area contributed by atoms with Crippen LogP contribution in [0.2, 0.25) is 0 Å². The Morgan fingerprint density at radius 1 is 1.07 bits per heavy atom. The molecule has 0 atom stereocenters. The zero-order valence-corrected chi connectivity index (χ0v) is 15.9. The molecular weight excluding hydrogens is 364 g/mol. The van der Waals surface area contributed by atoms with Gasteiger partial charge in [0.25, 0.3) is 0 Å². The number of ether oxygens (including phenoxy) is 1. The predicted octanol–water partition coefficient (Wildman–Crippen LogP) is 4.16. The second-order valence-electron chi connectivity index (χ2n) is 6.84. The van der Waals surface area contributed by atoms with Gasteiger partial charge in [-0.15, -0.1) is 0 Å². The van der Waals surface area contributed by atoms with E-state index in [9.17, 15) is 0 Å². The van der Waals surface area contributed by atoms with Gasteiger partial charge in [0.2, 0.25) is 0 Å². The molecule has 0 saturated heterocycles. The van der Waals surface area contributed by atoms with Gasteiger partial charge in [0.15, 0.2) is 5.82 Å². The molecule has 0 fully saturated rings. The van der Waals surface area contributed by atoms with Gasteiger partial charge >= 0.3 is 0 Å². The second-order valence-corrected chi connectivity index (χ2v) is 6.84. The maximum Gasteiger partial charge on any atom is 0.159 e. The summed E-state index contributed by atoms with van der Waals surface area (Å²) in [5, 5.41) is 11.9. The van der Waals surface area contributed by atoms with Crippen LogP contribution in [0, 0.1) is 0 Å². The van der Waals surface area contributed by atoms with Crippen molar-refractivity contribution in [2.75, 3.05) is 19.0 Å². The molecule has 0 bridgehead atoms. The molecule has 0 radical (unpaired) electrons. The van der Waals surface area contributed by atoms with E-state index < -0.39 is 0 Å². The van der Waals surface area contributed by atoms with Gasteiger partial charge in [-0.2, -0.15) is 5.10 Å². The molecule has 5 aromatic rings. The molecule has 0 aliphatic heterocycles. The van der Waals surface area contributed by atoms with E-state index in [1.54, 1.807) is 13.3 Å². The fraction of sp³-hybridized carbons (Fsp3) is 0.136. The molecular formula is C22H20N6O. The molecule has 7 heteroatoms. The van der Waals surface area contributed by atoms with Crippen molar-refractivity contribution in [2.24, 2.45) is 0 Å². The predicted molar refractivity (Wildman–Crippen MR) is 114 cm³/mol. The molecule has 5 rings (SSSR count). The zero-order chi connectivity index (χ0) is 19.6. The molecule has 2 aromatic carbocycles. The number of pyridine rings is 1. The summed E-state index contributed by atoms with van der Waals surface area (Å²) in [4.78, 5) is 12.3. The molecule has 0 saturated carbocycles. The molecule has 0 unspecified atom stereocenters. The molecule has 0 amide bonds. The standard InChI is InChI=1S/C22H20N6O/c1-29-16-5-7-18-17(12-16)21(28-27-18)22-25-19-6-4-15(11-20(19)26-22)24-10-8-14-3-2-9-23-13-14/h2-7,9,11-13,24H,8,10H2,1H3,(H,25,26)(H,27,28). The topological polar surface area (TPSA) is 91.5 Å². The highest BCUT2D eigenvalue weighted by Gasteiger charge is 2.13. The lowest BCUT2D eigenvalue weighted by molar-refractivity contribution is 0.415. The Kier molecular flexibility index (Phi) is 4.32. The number of methoxy groups -OCH3 is 1. The number of hydrogen-bond donors (Lipinski definition) is 3. The van der Waals surface area contributed by atoms with E-state index in [0.29, 0.717) is 0 Å². The van der Waals surface area contributed by atoms with Crippen molar-refractivity contribution < 1.29 is 4.74 Å². The van der Waals surface area contributed by atoms with Gasteiger partial charge < -0.3 is 15.0 Å². The number of H-pyrrole nitrogens is 2. The van der Waals surface area contributed by atoms with Crippen molar-refractivity contribution in [1.29, 1.82) is 0 Å². The van der Waals surface area contributed by atoms with Gasteiger partial charge in [-0.25, -0.2) is 4.98 Å². The molecule has 0 aliphatic carbocycles. The summed E-state index contributed by atoms with van der Waals surface area (Å²) in [5.74, 6) is 1.52. The van der Waals surface area contributed by atoms with E-state index in [1.165, 1.54) is 5.56 Å². The number of hydrogen-bond acceptors (Lipinski definition) is 5. The van der Waals surface area contributed by atoms with Crippen LogP contribution in [0.4, 0.5) is 5.69 Å². The van der Waals surface area contributed by atoms with Crippen LogP contribution in [0.5, 0.6) is 5.75 Å². The molecule has 144 valence electrons. The summed E-state index contributed by atoms with van der Waals surface area (Å²) < 4.78 is 5.34. The van der Waals surface area contributed by atoms with Crippen LogP contribution in [-0.2, 0) is 6.42 Å². The summed E-state index contributed by atoms with van der Waals surface area (Å²) in [7, 11) is 1.66. The summed E-state index contributed by atoms with van der Waals surface area (Å²) in [6.07, 6.45) is 4.61. The Bertz CT molecular complexity index is 1270. The van der Waals surface area contributed by atoms with Gasteiger partial charge in [0, 0.05) is 30.0 Å². The molecule has 29 heavy (non-hydrogen) atoms. The quantitative estimate of drug-likeness (QED) is 0.409. The van der Waals surface area contributed by atoms with Crippen molar-refractivity contribution in [3.63, 3.8) is 0 Å². The van der Waals surface area contributed by atoms with Gasteiger partial charge in [0.05, 0.1) is 23.7 Å². The third-order valence-electron chi connectivity index (χ3n) is 4.94. The van der Waals surface area contributed by atoms with E-state index in [0.717, 1.165) is 57.9 Å². The molecule has 3 N–H and O–H groups in total. The number of fused-ring (bicyclic) bond motifs is 2. The smallest absolute Gasteiger partial charge is 0.159 e. The molecule has 0 spiro atoms. The Morgan fingerprint density at radius 2 is 2.03 bits per heavy atom. The highest BCUT2D eigenvalue weighted by atomic mass is 16.5. The first-order chi connectivity index (χ1) is 14.3. The van der Waals surface area contributed by atoms with Crippen LogP contribution in [0.25, 0.3) is 33.5 Å². The minimum absolute atomic E-state index is 0.729. The van der Waals surface area contributed by atoms with Crippen LogP contribution in [0.15, 0.2) is 60.9 Å². The summed E-state index contributed by atoms with van der Waals surface area (Å²) >= 11 is 0. The normalized spacial score (nSPS) is 11.2. The van der Waals surface area contributed by atoms with E-state index in [2.05, 4.69) is 37.6 Å². The van der Waals surface area contributed by atoms with Crippen molar-refractivity contribution >= 4 is 27.6 Å². The first-order valence-corrected chi connectivity index (χ1v) is 9.45. The van der Waals surface area contributed by atoms with E-state index in [-0.39, 0.29) is 0 Å². The first kappa shape index (κ1) is 17.2. The SMILES string of the molecule is COc1ccc2[nH]nc(-c3nc4ccc(NCCc5cccnc5)cc4[nH]3)c2c1.